The number of anilines is 1. The second-order valence-corrected chi connectivity index (χ2v) is 7.63. The Kier molecular flexibility index (Phi) is 4.36. The van der Waals surface area contributed by atoms with Crippen LogP contribution in [0.4, 0.5) is 5.95 Å². The number of benzene rings is 2. The summed E-state index contributed by atoms with van der Waals surface area (Å²) in [7, 11) is 1.56. The number of halogens is 1. The van der Waals surface area contributed by atoms with Crippen molar-refractivity contribution < 1.29 is 13.9 Å². The van der Waals surface area contributed by atoms with Crippen molar-refractivity contribution in [2.45, 2.75) is 6.04 Å². The predicted molar refractivity (Wildman–Crippen MR) is 114 cm³/mol. The van der Waals surface area contributed by atoms with Gasteiger partial charge in [0.2, 0.25) is 11.7 Å². The monoisotopic (exact) mass is 463 g/mol. The van der Waals surface area contributed by atoms with Crippen molar-refractivity contribution in [1.29, 1.82) is 0 Å². The molecule has 0 saturated carbocycles. The Morgan fingerprint density at radius 1 is 1.07 bits per heavy atom. The lowest BCUT2D eigenvalue weighted by molar-refractivity contribution is 0.0969. The molecule has 7 nitrogen and oxygen atoms in total. The summed E-state index contributed by atoms with van der Waals surface area (Å²) in [6, 6.07) is 13.2. The van der Waals surface area contributed by atoms with Gasteiger partial charge in [-0.05, 0) is 42.0 Å². The van der Waals surface area contributed by atoms with Crippen LogP contribution in [0.3, 0.4) is 0 Å². The molecule has 2 aromatic heterocycles. The molecule has 2 aromatic carbocycles. The van der Waals surface area contributed by atoms with Gasteiger partial charge in [-0.1, -0.05) is 28.1 Å². The second-order valence-electron chi connectivity index (χ2n) is 6.72. The average Bonchev–Trinajstić information content (AvgIpc) is 3.07. The summed E-state index contributed by atoms with van der Waals surface area (Å²) in [5.41, 5.74) is 1.02. The van der Waals surface area contributed by atoms with Crippen LogP contribution in [0.2, 0.25) is 0 Å². The minimum atomic E-state index is -0.746. The number of aromatic nitrogens is 2. The number of carbonyl (C=O) groups excluding carboxylic acids is 1. The molecular formula is C22H14BrN3O4. The van der Waals surface area contributed by atoms with Crippen LogP contribution in [0.15, 0.2) is 74.6 Å². The molecule has 3 heterocycles. The third-order valence-corrected chi connectivity index (χ3v) is 5.50. The molecule has 0 saturated heterocycles. The number of methoxy groups -OCH3 is 1. The SMILES string of the molecule is COc1cccc(C2c3c(oc4ccc(Br)cc4c3=O)C(=O)N2c2ncccn2)c1. The molecule has 4 aromatic rings. The number of ether oxygens (including phenoxy) is 1. The number of hydrogen-bond donors (Lipinski definition) is 0. The Morgan fingerprint density at radius 2 is 1.87 bits per heavy atom. The molecule has 8 heteroatoms. The van der Waals surface area contributed by atoms with Gasteiger partial charge < -0.3 is 9.15 Å². The van der Waals surface area contributed by atoms with Gasteiger partial charge in [0, 0.05) is 16.9 Å². The summed E-state index contributed by atoms with van der Waals surface area (Å²) in [4.78, 5) is 36.7. The number of fused-ring (bicyclic) bond motifs is 2. The van der Waals surface area contributed by atoms with Gasteiger partial charge >= 0.3 is 0 Å². The number of rotatable bonds is 3. The number of amides is 1. The fourth-order valence-electron chi connectivity index (χ4n) is 3.69. The normalized spacial score (nSPS) is 15.5. The summed E-state index contributed by atoms with van der Waals surface area (Å²) in [6.07, 6.45) is 3.09. The van der Waals surface area contributed by atoms with Crippen LogP contribution in [0, 0.1) is 0 Å². The lowest BCUT2D eigenvalue weighted by Gasteiger charge is -2.23. The van der Waals surface area contributed by atoms with Crippen molar-refractivity contribution in [2.75, 3.05) is 12.0 Å². The van der Waals surface area contributed by atoms with Crippen LogP contribution in [0.5, 0.6) is 5.75 Å². The fraction of sp³-hybridized carbons (Fsp3) is 0.0909. The fourth-order valence-corrected chi connectivity index (χ4v) is 4.06. The molecule has 30 heavy (non-hydrogen) atoms. The number of hydrogen-bond acceptors (Lipinski definition) is 6. The zero-order valence-corrected chi connectivity index (χ0v) is 17.3. The maximum Gasteiger partial charge on any atom is 0.297 e. The summed E-state index contributed by atoms with van der Waals surface area (Å²) in [5.74, 6) is 0.322. The summed E-state index contributed by atoms with van der Waals surface area (Å²) >= 11 is 3.39. The second kappa shape index (κ2) is 7.07. The molecule has 1 unspecified atom stereocenters. The Hall–Kier alpha value is -3.52. The number of nitrogens with zero attached hydrogens (tertiary/aromatic N) is 3. The maximum atomic E-state index is 13.5. The van der Waals surface area contributed by atoms with Gasteiger partial charge in [-0.2, -0.15) is 0 Å². The maximum absolute atomic E-state index is 13.5. The smallest absolute Gasteiger partial charge is 0.297 e. The molecule has 1 aliphatic heterocycles. The van der Waals surface area contributed by atoms with Gasteiger partial charge in [-0.25, -0.2) is 9.97 Å². The first kappa shape index (κ1) is 18.5. The summed E-state index contributed by atoms with van der Waals surface area (Å²) in [6.45, 7) is 0. The van der Waals surface area contributed by atoms with Crippen LogP contribution in [0.1, 0.15) is 27.7 Å². The van der Waals surface area contributed by atoms with E-state index in [2.05, 4.69) is 25.9 Å². The van der Waals surface area contributed by atoms with Crippen molar-refractivity contribution >= 4 is 38.8 Å². The van der Waals surface area contributed by atoms with E-state index in [4.69, 9.17) is 9.15 Å². The van der Waals surface area contributed by atoms with Crippen molar-refractivity contribution in [3.05, 3.63) is 92.5 Å². The molecule has 1 atom stereocenters. The summed E-state index contributed by atoms with van der Waals surface area (Å²) < 4.78 is 12.0. The largest absolute Gasteiger partial charge is 0.497 e. The topological polar surface area (TPSA) is 85.5 Å². The predicted octanol–water partition coefficient (Wildman–Crippen LogP) is 4.10. The van der Waals surface area contributed by atoms with Crippen molar-refractivity contribution in [3.63, 3.8) is 0 Å². The molecule has 148 valence electrons. The Labute approximate surface area is 179 Å². The highest BCUT2D eigenvalue weighted by Gasteiger charge is 2.45. The minimum absolute atomic E-state index is 0.00454. The number of carbonyl (C=O) groups is 1. The molecule has 0 aliphatic carbocycles. The van der Waals surface area contributed by atoms with Gasteiger partial charge in [-0.3, -0.25) is 14.5 Å². The van der Waals surface area contributed by atoms with Crippen LogP contribution in [-0.4, -0.2) is 23.0 Å². The average molecular weight is 464 g/mol. The molecule has 1 aliphatic rings. The Morgan fingerprint density at radius 3 is 2.63 bits per heavy atom. The van der Waals surface area contributed by atoms with Crippen molar-refractivity contribution in [3.8, 4) is 5.75 Å². The van der Waals surface area contributed by atoms with E-state index in [0.717, 1.165) is 4.47 Å². The molecule has 0 fully saturated rings. The molecule has 0 radical (unpaired) electrons. The first-order chi connectivity index (χ1) is 14.6. The van der Waals surface area contributed by atoms with E-state index in [1.807, 2.05) is 6.07 Å². The van der Waals surface area contributed by atoms with E-state index in [0.29, 0.717) is 22.3 Å². The molecule has 0 bridgehead atoms. The Balaban J connectivity index is 1.83. The molecular weight excluding hydrogens is 450 g/mol. The van der Waals surface area contributed by atoms with Crippen molar-refractivity contribution in [2.24, 2.45) is 0 Å². The van der Waals surface area contributed by atoms with E-state index in [1.54, 1.807) is 62.0 Å². The zero-order valence-electron chi connectivity index (χ0n) is 15.7. The first-order valence-corrected chi connectivity index (χ1v) is 9.88. The highest BCUT2D eigenvalue weighted by atomic mass is 79.9. The summed E-state index contributed by atoms with van der Waals surface area (Å²) in [5, 5.41) is 0.389. The van der Waals surface area contributed by atoms with Gasteiger partial charge in [0.15, 0.2) is 5.43 Å². The molecule has 1 amide bonds. The lowest BCUT2D eigenvalue weighted by Crippen LogP contribution is -2.31. The zero-order chi connectivity index (χ0) is 20.8. The Bertz CT molecular complexity index is 1350. The standard InChI is InChI=1S/C22H14BrN3O4/c1-29-14-5-2-4-12(10-14)18-17-19(27)15-11-13(23)6-7-16(15)30-20(17)21(28)26(18)22-24-8-3-9-25-22/h2-11,18H,1H3. The van der Waals surface area contributed by atoms with Gasteiger partial charge in [0.25, 0.3) is 5.91 Å². The van der Waals surface area contributed by atoms with Crippen molar-refractivity contribution in [1.82, 2.24) is 9.97 Å². The van der Waals surface area contributed by atoms with Crippen LogP contribution in [0.25, 0.3) is 11.0 Å². The quantitative estimate of drug-likeness (QED) is 0.454. The van der Waals surface area contributed by atoms with Crippen LogP contribution < -0.4 is 15.1 Å². The highest BCUT2D eigenvalue weighted by Crippen LogP contribution is 2.40. The minimum Gasteiger partial charge on any atom is -0.497 e. The van der Waals surface area contributed by atoms with Gasteiger partial charge in [0.05, 0.1) is 24.1 Å². The first-order valence-electron chi connectivity index (χ1n) is 9.09. The lowest BCUT2D eigenvalue weighted by atomic mass is 9.98. The van der Waals surface area contributed by atoms with Crippen LogP contribution in [-0.2, 0) is 0 Å². The molecule has 0 spiro atoms. The van der Waals surface area contributed by atoms with Crippen LogP contribution >= 0.6 is 15.9 Å². The van der Waals surface area contributed by atoms with E-state index in [1.165, 1.54) is 4.90 Å². The van der Waals surface area contributed by atoms with E-state index >= 15 is 0 Å². The molecule has 0 N–H and O–H groups in total. The third kappa shape index (κ3) is 2.80. The van der Waals surface area contributed by atoms with E-state index < -0.39 is 11.9 Å². The molecule has 5 rings (SSSR count). The van der Waals surface area contributed by atoms with Gasteiger partial charge in [-0.15, -0.1) is 0 Å². The van der Waals surface area contributed by atoms with E-state index in [-0.39, 0.29) is 22.7 Å². The third-order valence-electron chi connectivity index (χ3n) is 5.01. The van der Waals surface area contributed by atoms with Gasteiger partial charge in [0.1, 0.15) is 11.3 Å². The highest BCUT2D eigenvalue weighted by molar-refractivity contribution is 9.10. The van der Waals surface area contributed by atoms with E-state index in [9.17, 15) is 9.59 Å².